The lowest BCUT2D eigenvalue weighted by atomic mass is 9.94. The molecule has 0 heterocycles. The van der Waals surface area contributed by atoms with Crippen LogP contribution >= 0.6 is 0 Å². The highest BCUT2D eigenvalue weighted by Crippen LogP contribution is 2.23. The minimum Gasteiger partial charge on any atom is -0.353 e. The van der Waals surface area contributed by atoms with Gasteiger partial charge < -0.3 is 5.32 Å². The van der Waals surface area contributed by atoms with Crippen LogP contribution in [-0.4, -0.2) is 12.5 Å². The van der Waals surface area contributed by atoms with Crippen molar-refractivity contribution >= 4 is 11.5 Å². The van der Waals surface area contributed by atoms with Gasteiger partial charge >= 0.3 is 0 Å². The maximum atomic E-state index is 11.9. The highest BCUT2D eigenvalue weighted by molar-refractivity contribution is 5.95. The van der Waals surface area contributed by atoms with E-state index in [-0.39, 0.29) is 5.91 Å². The number of hydrogen-bond acceptors (Lipinski definition) is 1. The summed E-state index contributed by atoms with van der Waals surface area (Å²) in [7, 11) is 0. The first-order valence-electron chi connectivity index (χ1n) is 7.35. The number of carbonyl (C=O) groups excluding carboxylic acids is 1. The third-order valence-electron chi connectivity index (χ3n) is 3.44. The van der Waals surface area contributed by atoms with Gasteiger partial charge in [0.2, 0.25) is 5.91 Å². The molecule has 0 aliphatic carbocycles. The van der Waals surface area contributed by atoms with Gasteiger partial charge in [0.05, 0.1) is 0 Å². The van der Waals surface area contributed by atoms with Gasteiger partial charge in [-0.1, -0.05) is 31.5 Å². The zero-order valence-electron chi connectivity index (χ0n) is 13.6. The van der Waals surface area contributed by atoms with E-state index >= 15 is 0 Å². The predicted octanol–water partition coefficient (Wildman–Crippen LogP) is 4.18. The molecule has 0 aromatic heterocycles. The minimum atomic E-state index is 0.00234. The number of allylic oxidation sites excluding steroid dienone is 1. The van der Waals surface area contributed by atoms with Crippen molar-refractivity contribution in [2.24, 2.45) is 5.92 Å². The maximum absolute atomic E-state index is 11.9. The van der Waals surface area contributed by atoms with Crippen molar-refractivity contribution < 1.29 is 4.79 Å². The molecular formula is C18H27NO. The van der Waals surface area contributed by atoms with Crippen LogP contribution in [0.2, 0.25) is 0 Å². The van der Waals surface area contributed by atoms with Gasteiger partial charge in [0.15, 0.2) is 0 Å². The standard InChI is InChI=1S/C18H27NO/c1-12(2)7-8-19-17(20)11-16(6)18-14(4)9-13(3)10-15(18)5/h9-12H,7-8H2,1-6H3,(H,19,20)/b16-11+. The van der Waals surface area contributed by atoms with Gasteiger partial charge in [-0.25, -0.2) is 0 Å². The first-order valence-corrected chi connectivity index (χ1v) is 7.35. The van der Waals surface area contributed by atoms with Crippen molar-refractivity contribution in [2.75, 3.05) is 6.54 Å². The van der Waals surface area contributed by atoms with Gasteiger partial charge in [0.25, 0.3) is 0 Å². The Morgan fingerprint density at radius 2 is 1.75 bits per heavy atom. The average molecular weight is 273 g/mol. The summed E-state index contributed by atoms with van der Waals surface area (Å²) in [5.41, 5.74) is 5.94. The van der Waals surface area contributed by atoms with Crippen molar-refractivity contribution in [3.63, 3.8) is 0 Å². The van der Waals surface area contributed by atoms with Crippen LogP contribution in [0.1, 0.15) is 49.4 Å². The molecule has 0 saturated heterocycles. The van der Waals surface area contributed by atoms with E-state index in [0.717, 1.165) is 18.5 Å². The second kappa shape index (κ2) is 7.28. The van der Waals surface area contributed by atoms with Gasteiger partial charge in [0.1, 0.15) is 0 Å². The molecule has 110 valence electrons. The molecule has 2 heteroatoms. The lowest BCUT2D eigenvalue weighted by Crippen LogP contribution is -2.23. The average Bonchev–Trinajstić information content (AvgIpc) is 2.26. The van der Waals surface area contributed by atoms with Gasteiger partial charge in [0, 0.05) is 12.6 Å². The van der Waals surface area contributed by atoms with Crippen LogP contribution in [0.25, 0.3) is 5.57 Å². The van der Waals surface area contributed by atoms with Crippen molar-refractivity contribution in [1.29, 1.82) is 0 Å². The molecule has 1 amide bonds. The van der Waals surface area contributed by atoms with Crippen LogP contribution in [0, 0.1) is 26.7 Å². The number of rotatable bonds is 5. The van der Waals surface area contributed by atoms with Crippen molar-refractivity contribution in [3.05, 3.63) is 40.5 Å². The smallest absolute Gasteiger partial charge is 0.244 e. The summed E-state index contributed by atoms with van der Waals surface area (Å²) in [6.45, 7) is 13.4. The van der Waals surface area contributed by atoms with E-state index < -0.39 is 0 Å². The molecule has 0 saturated carbocycles. The molecule has 1 aromatic rings. The Hall–Kier alpha value is -1.57. The Balaban J connectivity index is 2.81. The summed E-state index contributed by atoms with van der Waals surface area (Å²) in [5, 5.41) is 2.95. The van der Waals surface area contributed by atoms with Crippen LogP contribution < -0.4 is 5.32 Å². The predicted molar refractivity (Wildman–Crippen MR) is 86.8 cm³/mol. The first-order chi connectivity index (χ1) is 9.31. The first kappa shape index (κ1) is 16.5. The van der Waals surface area contributed by atoms with E-state index in [2.05, 4.69) is 52.1 Å². The van der Waals surface area contributed by atoms with Crippen LogP contribution in [-0.2, 0) is 4.79 Å². The molecule has 0 atom stereocenters. The molecule has 0 fully saturated rings. The van der Waals surface area contributed by atoms with Crippen LogP contribution in [0.5, 0.6) is 0 Å². The summed E-state index contributed by atoms with van der Waals surface area (Å²) < 4.78 is 0. The molecule has 1 aromatic carbocycles. The fourth-order valence-electron chi connectivity index (χ4n) is 2.61. The van der Waals surface area contributed by atoms with Gasteiger partial charge in [-0.2, -0.15) is 0 Å². The van der Waals surface area contributed by atoms with E-state index in [4.69, 9.17) is 0 Å². The molecule has 0 radical (unpaired) electrons. The SMILES string of the molecule is C/C(=C\C(=O)NCCC(C)C)c1c(C)cc(C)cc1C. The molecule has 1 N–H and O–H groups in total. The van der Waals surface area contributed by atoms with E-state index in [1.165, 1.54) is 22.3 Å². The Morgan fingerprint density at radius 3 is 2.25 bits per heavy atom. The fraction of sp³-hybridized carbons (Fsp3) is 0.500. The maximum Gasteiger partial charge on any atom is 0.244 e. The molecule has 20 heavy (non-hydrogen) atoms. The van der Waals surface area contributed by atoms with Gasteiger partial charge in [-0.05, 0) is 62.3 Å². The Kier molecular flexibility index (Phi) is 6.00. The lowest BCUT2D eigenvalue weighted by Gasteiger charge is -2.12. The molecule has 2 nitrogen and oxygen atoms in total. The van der Waals surface area contributed by atoms with E-state index in [0.29, 0.717) is 5.92 Å². The largest absolute Gasteiger partial charge is 0.353 e. The molecular weight excluding hydrogens is 246 g/mol. The molecule has 0 spiro atoms. The number of amides is 1. The second-order valence-corrected chi connectivity index (χ2v) is 6.07. The molecule has 0 aliphatic rings. The normalized spacial score (nSPS) is 11.8. The molecule has 1 rings (SSSR count). The van der Waals surface area contributed by atoms with Crippen LogP contribution in [0.4, 0.5) is 0 Å². The lowest BCUT2D eigenvalue weighted by molar-refractivity contribution is -0.116. The van der Waals surface area contributed by atoms with Crippen molar-refractivity contribution in [3.8, 4) is 0 Å². The van der Waals surface area contributed by atoms with E-state index in [1.54, 1.807) is 6.08 Å². The summed E-state index contributed by atoms with van der Waals surface area (Å²) in [6.07, 6.45) is 2.73. The number of benzene rings is 1. The fourth-order valence-corrected chi connectivity index (χ4v) is 2.61. The topological polar surface area (TPSA) is 29.1 Å². The Labute approximate surface area is 123 Å². The summed E-state index contributed by atoms with van der Waals surface area (Å²) in [4.78, 5) is 11.9. The van der Waals surface area contributed by atoms with E-state index in [9.17, 15) is 4.79 Å². The van der Waals surface area contributed by atoms with Gasteiger partial charge in [-0.3, -0.25) is 4.79 Å². The zero-order valence-corrected chi connectivity index (χ0v) is 13.6. The number of hydrogen-bond donors (Lipinski definition) is 1. The van der Waals surface area contributed by atoms with Crippen molar-refractivity contribution in [1.82, 2.24) is 5.32 Å². The molecule has 0 bridgehead atoms. The van der Waals surface area contributed by atoms with Gasteiger partial charge in [-0.15, -0.1) is 0 Å². The third-order valence-corrected chi connectivity index (χ3v) is 3.44. The summed E-state index contributed by atoms with van der Waals surface area (Å²) in [6, 6.07) is 4.33. The molecule has 0 unspecified atom stereocenters. The minimum absolute atomic E-state index is 0.00234. The Morgan fingerprint density at radius 1 is 1.20 bits per heavy atom. The monoisotopic (exact) mass is 273 g/mol. The highest BCUT2D eigenvalue weighted by Gasteiger charge is 2.07. The third kappa shape index (κ3) is 4.84. The summed E-state index contributed by atoms with van der Waals surface area (Å²) in [5.74, 6) is 0.615. The Bertz CT molecular complexity index is 489. The quantitative estimate of drug-likeness (QED) is 0.801. The number of aryl methyl sites for hydroxylation is 3. The van der Waals surface area contributed by atoms with E-state index in [1.807, 2.05) is 6.92 Å². The van der Waals surface area contributed by atoms with Crippen molar-refractivity contribution in [2.45, 2.75) is 48.0 Å². The zero-order chi connectivity index (χ0) is 15.3. The summed E-state index contributed by atoms with van der Waals surface area (Å²) >= 11 is 0. The van der Waals surface area contributed by atoms with Crippen LogP contribution in [0.3, 0.4) is 0 Å². The number of carbonyl (C=O) groups is 1. The second-order valence-electron chi connectivity index (χ2n) is 6.07. The molecule has 0 aliphatic heterocycles. The van der Waals surface area contributed by atoms with Crippen LogP contribution in [0.15, 0.2) is 18.2 Å². The highest BCUT2D eigenvalue weighted by atomic mass is 16.1. The number of nitrogens with one attached hydrogen (secondary N) is 1.